The first-order valence-corrected chi connectivity index (χ1v) is 5.72. The molecule has 0 aliphatic carbocycles. The number of rotatable bonds is 7. The maximum atomic E-state index is 11.6. The topological polar surface area (TPSA) is 93.5 Å². The second kappa shape index (κ2) is 7.32. The Morgan fingerprint density at radius 3 is 2.89 bits per heavy atom. The van der Waals surface area contributed by atoms with Crippen LogP contribution in [0.4, 0.5) is 0 Å². The highest BCUT2D eigenvalue weighted by molar-refractivity contribution is 5.94. The van der Waals surface area contributed by atoms with E-state index in [1.807, 2.05) is 0 Å². The Balaban J connectivity index is 2.52. The normalized spacial score (nSPS) is 12.5. The molecule has 0 saturated carbocycles. The van der Waals surface area contributed by atoms with Crippen LogP contribution in [0.3, 0.4) is 0 Å². The van der Waals surface area contributed by atoms with Crippen molar-refractivity contribution in [2.75, 3.05) is 13.7 Å². The zero-order valence-corrected chi connectivity index (χ0v) is 10.9. The molecule has 0 aromatic carbocycles. The van der Waals surface area contributed by atoms with Crippen molar-refractivity contribution in [1.82, 2.24) is 15.1 Å². The summed E-state index contributed by atoms with van der Waals surface area (Å²) in [6.07, 6.45) is 6.41. The molecule has 1 unspecified atom stereocenters. The van der Waals surface area contributed by atoms with E-state index in [1.165, 1.54) is 13.2 Å². The van der Waals surface area contributed by atoms with E-state index >= 15 is 0 Å². The first-order valence-electron chi connectivity index (χ1n) is 5.72. The fourth-order valence-corrected chi connectivity index (χ4v) is 1.41. The van der Waals surface area contributed by atoms with Crippen LogP contribution in [0.5, 0.6) is 0 Å². The van der Waals surface area contributed by atoms with Crippen molar-refractivity contribution in [1.29, 1.82) is 0 Å². The van der Waals surface area contributed by atoms with Crippen LogP contribution in [0.1, 0.15) is 12.0 Å². The van der Waals surface area contributed by atoms with Gasteiger partial charge in [0.25, 0.3) is 0 Å². The van der Waals surface area contributed by atoms with Crippen molar-refractivity contribution in [2.45, 2.75) is 12.5 Å². The van der Waals surface area contributed by atoms with Crippen LogP contribution in [0.2, 0.25) is 0 Å². The van der Waals surface area contributed by atoms with Gasteiger partial charge in [-0.15, -0.1) is 0 Å². The second-order valence-corrected chi connectivity index (χ2v) is 3.96. The van der Waals surface area contributed by atoms with E-state index in [9.17, 15) is 9.59 Å². The maximum absolute atomic E-state index is 11.6. The lowest BCUT2D eigenvalue weighted by Crippen LogP contribution is -2.40. The molecule has 0 aliphatic heterocycles. The number of ether oxygens (including phenoxy) is 1. The monoisotopic (exact) mass is 267 g/mol. The lowest BCUT2D eigenvalue weighted by molar-refractivity contribution is -0.141. The van der Waals surface area contributed by atoms with Gasteiger partial charge in [-0.25, -0.2) is 4.79 Å². The molecule has 1 amide bonds. The minimum atomic E-state index is -1.08. The summed E-state index contributed by atoms with van der Waals surface area (Å²) >= 11 is 0. The maximum Gasteiger partial charge on any atom is 0.326 e. The number of carbonyl (C=O) groups excluding carboxylic acids is 1. The van der Waals surface area contributed by atoms with Crippen molar-refractivity contribution in [2.24, 2.45) is 7.05 Å². The van der Waals surface area contributed by atoms with Crippen LogP contribution < -0.4 is 5.32 Å². The molecule has 0 bridgehead atoms. The van der Waals surface area contributed by atoms with Gasteiger partial charge in [-0.05, 0) is 6.08 Å². The SMILES string of the molecule is COCCC(NC(=O)/C=C/c1cnn(C)c1)C(=O)O. The van der Waals surface area contributed by atoms with Crippen molar-refractivity contribution >= 4 is 18.0 Å². The van der Waals surface area contributed by atoms with Crippen LogP contribution in [-0.4, -0.2) is 46.5 Å². The first kappa shape index (κ1) is 14.9. The Kier molecular flexibility index (Phi) is 5.74. The molecule has 0 spiro atoms. The molecule has 1 heterocycles. The number of hydrogen-bond donors (Lipinski definition) is 2. The number of carboxylic acid groups (broad SMARTS) is 1. The molecule has 1 aromatic heterocycles. The predicted octanol–water partition coefficient (Wildman–Crippen LogP) is 0.0392. The zero-order chi connectivity index (χ0) is 14.3. The average Bonchev–Trinajstić information content (AvgIpc) is 2.77. The van der Waals surface area contributed by atoms with Crippen LogP contribution in [0.15, 0.2) is 18.5 Å². The van der Waals surface area contributed by atoms with Crippen molar-refractivity contribution in [3.8, 4) is 0 Å². The Hall–Kier alpha value is -2.15. The van der Waals surface area contributed by atoms with Crippen LogP contribution >= 0.6 is 0 Å². The molecule has 7 heteroatoms. The van der Waals surface area contributed by atoms with Crippen LogP contribution in [0, 0.1) is 0 Å². The number of aromatic nitrogens is 2. The van der Waals surface area contributed by atoms with Gasteiger partial charge < -0.3 is 15.2 Å². The van der Waals surface area contributed by atoms with E-state index < -0.39 is 17.9 Å². The molecule has 2 N–H and O–H groups in total. The molecular weight excluding hydrogens is 250 g/mol. The molecule has 0 saturated heterocycles. The number of aryl methyl sites for hydroxylation is 1. The third-order valence-corrected chi connectivity index (χ3v) is 2.38. The number of aliphatic carboxylic acids is 1. The number of nitrogens with zero attached hydrogens (tertiary/aromatic N) is 2. The predicted molar refractivity (Wildman–Crippen MR) is 68.3 cm³/mol. The molecule has 1 atom stereocenters. The molecular formula is C12H17N3O4. The first-order chi connectivity index (χ1) is 9.02. The van der Waals surface area contributed by atoms with Gasteiger partial charge in [-0.2, -0.15) is 5.10 Å². The highest BCUT2D eigenvalue weighted by Crippen LogP contribution is 1.99. The van der Waals surface area contributed by atoms with Crippen LogP contribution in [0.25, 0.3) is 6.08 Å². The van der Waals surface area contributed by atoms with Gasteiger partial charge in [0.05, 0.1) is 6.20 Å². The number of amides is 1. The van der Waals surface area contributed by atoms with E-state index in [0.717, 1.165) is 5.56 Å². The summed E-state index contributed by atoms with van der Waals surface area (Å²) in [7, 11) is 3.24. The molecule has 7 nitrogen and oxygen atoms in total. The highest BCUT2D eigenvalue weighted by atomic mass is 16.5. The Labute approximate surface area is 110 Å². The summed E-state index contributed by atoms with van der Waals surface area (Å²) in [6, 6.07) is -0.953. The summed E-state index contributed by atoms with van der Waals surface area (Å²) in [4.78, 5) is 22.5. The molecule has 1 aromatic rings. The van der Waals surface area contributed by atoms with E-state index in [1.54, 1.807) is 30.2 Å². The molecule has 0 fully saturated rings. The lowest BCUT2D eigenvalue weighted by Gasteiger charge is -2.12. The highest BCUT2D eigenvalue weighted by Gasteiger charge is 2.18. The molecule has 0 aliphatic rings. The summed E-state index contributed by atoms with van der Waals surface area (Å²) in [5, 5.41) is 15.3. The van der Waals surface area contributed by atoms with Gasteiger partial charge in [0, 0.05) is 45.0 Å². The number of carbonyl (C=O) groups is 2. The van der Waals surface area contributed by atoms with Gasteiger partial charge in [0.2, 0.25) is 5.91 Å². The second-order valence-electron chi connectivity index (χ2n) is 3.96. The van der Waals surface area contributed by atoms with Crippen molar-refractivity contribution in [3.63, 3.8) is 0 Å². The van der Waals surface area contributed by atoms with Crippen LogP contribution in [-0.2, 0) is 21.4 Å². The standard InChI is InChI=1S/C12H17N3O4/c1-15-8-9(7-13-15)3-4-11(16)14-10(12(17)18)5-6-19-2/h3-4,7-8,10H,5-6H2,1-2H3,(H,14,16)(H,17,18)/b4-3+. The Morgan fingerprint density at radius 2 is 2.37 bits per heavy atom. The van der Waals surface area contributed by atoms with Gasteiger partial charge in [-0.3, -0.25) is 9.48 Å². The van der Waals surface area contributed by atoms with Gasteiger partial charge in [0.1, 0.15) is 6.04 Å². The zero-order valence-electron chi connectivity index (χ0n) is 10.9. The Bertz CT molecular complexity index is 467. The van der Waals surface area contributed by atoms with E-state index in [-0.39, 0.29) is 13.0 Å². The summed E-state index contributed by atoms with van der Waals surface area (Å²) in [6.45, 7) is 0.267. The third kappa shape index (κ3) is 5.35. The van der Waals surface area contributed by atoms with Gasteiger partial charge in [0.15, 0.2) is 0 Å². The Morgan fingerprint density at radius 1 is 1.63 bits per heavy atom. The minimum absolute atomic E-state index is 0.221. The van der Waals surface area contributed by atoms with E-state index in [2.05, 4.69) is 10.4 Å². The van der Waals surface area contributed by atoms with E-state index in [4.69, 9.17) is 9.84 Å². The summed E-state index contributed by atoms with van der Waals surface area (Å²) in [5.41, 5.74) is 0.765. The van der Waals surface area contributed by atoms with Gasteiger partial charge >= 0.3 is 5.97 Å². The molecule has 1 rings (SSSR count). The van der Waals surface area contributed by atoms with Crippen molar-refractivity contribution < 1.29 is 19.4 Å². The molecule has 0 radical (unpaired) electrons. The molecule has 19 heavy (non-hydrogen) atoms. The summed E-state index contributed by atoms with van der Waals surface area (Å²) in [5.74, 6) is -1.55. The smallest absolute Gasteiger partial charge is 0.326 e. The largest absolute Gasteiger partial charge is 0.480 e. The number of nitrogens with one attached hydrogen (secondary N) is 1. The van der Waals surface area contributed by atoms with Gasteiger partial charge in [-0.1, -0.05) is 0 Å². The number of hydrogen-bond acceptors (Lipinski definition) is 4. The molecule has 104 valence electrons. The third-order valence-electron chi connectivity index (χ3n) is 2.38. The summed E-state index contributed by atoms with van der Waals surface area (Å²) < 4.78 is 6.40. The lowest BCUT2D eigenvalue weighted by atomic mass is 10.2. The quantitative estimate of drug-likeness (QED) is 0.680. The van der Waals surface area contributed by atoms with E-state index in [0.29, 0.717) is 0 Å². The number of carboxylic acids is 1. The fourth-order valence-electron chi connectivity index (χ4n) is 1.41. The average molecular weight is 267 g/mol. The minimum Gasteiger partial charge on any atom is -0.480 e. The van der Waals surface area contributed by atoms with Crippen molar-refractivity contribution in [3.05, 3.63) is 24.0 Å². The number of methoxy groups -OCH3 is 1. The fraction of sp³-hybridized carbons (Fsp3) is 0.417.